The SMILES string of the molecule is CCc1ccc(N(CC(C)C)S(=O)(=O)c2ccc3c(c2)C(O)CCN3Cc2ccc(C(O)NO)cc2)cc1. The van der Waals surface area contributed by atoms with Crippen LogP contribution in [-0.2, 0) is 23.0 Å². The van der Waals surface area contributed by atoms with Crippen LogP contribution < -0.4 is 14.7 Å². The van der Waals surface area contributed by atoms with Gasteiger partial charge in [-0.3, -0.25) is 4.31 Å². The molecule has 0 aromatic heterocycles. The Morgan fingerprint density at radius 1 is 1.03 bits per heavy atom. The maximum atomic E-state index is 13.9. The standard InChI is InChI=1S/C29H37N3O5S/c1-4-21-7-11-24(12-8-21)32(18-20(2)3)38(36,37)25-13-14-27-26(17-25)28(33)15-16-31(27)19-22-5-9-23(10-6-22)29(34)30-35/h5-14,17,20,28-30,33-35H,4,15-16,18-19H2,1-3H3. The summed E-state index contributed by atoms with van der Waals surface area (Å²) in [4.78, 5) is 2.27. The number of hydrogen-bond donors (Lipinski definition) is 4. The van der Waals surface area contributed by atoms with Crippen molar-refractivity contribution in [2.75, 3.05) is 22.3 Å². The fourth-order valence-electron chi connectivity index (χ4n) is 4.77. The summed E-state index contributed by atoms with van der Waals surface area (Å²) >= 11 is 0. The van der Waals surface area contributed by atoms with Gasteiger partial charge in [0.2, 0.25) is 0 Å². The molecule has 0 saturated carbocycles. The average molecular weight is 540 g/mol. The molecule has 0 bridgehead atoms. The number of nitrogens with zero attached hydrogens (tertiary/aromatic N) is 2. The molecule has 1 heterocycles. The Kier molecular flexibility index (Phi) is 8.74. The molecule has 38 heavy (non-hydrogen) atoms. The average Bonchev–Trinajstić information content (AvgIpc) is 2.93. The zero-order valence-electron chi connectivity index (χ0n) is 22.1. The second kappa shape index (κ2) is 11.8. The lowest BCUT2D eigenvalue weighted by Crippen LogP contribution is -2.35. The van der Waals surface area contributed by atoms with E-state index in [9.17, 15) is 18.6 Å². The molecule has 4 N–H and O–H groups in total. The highest BCUT2D eigenvalue weighted by molar-refractivity contribution is 7.92. The second-order valence-corrected chi connectivity index (χ2v) is 12.0. The van der Waals surface area contributed by atoms with Crippen LogP contribution in [0, 0.1) is 5.92 Å². The molecule has 1 aliphatic rings. The van der Waals surface area contributed by atoms with Gasteiger partial charge in [0.1, 0.15) is 0 Å². The van der Waals surface area contributed by atoms with E-state index in [1.807, 2.05) is 55.7 Å². The van der Waals surface area contributed by atoms with Crippen LogP contribution >= 0.6 is 0 Å². The van der Waals surface area contributed by atoms with Gasteiger partial charge in [-0.2, -0.15) is 5.48 Å². The normalized spacial score (nSPS) is 16.4. The van der Waals surface area contributed by atoms with Crippen LogP contribution in [0.25, 0.3) is 0 Å². The predicted octanol–water partition coefficient (Wildman–Crippen LogP) is 4.51. The molecular weight excluding hydrogens is 502 g/mol. The molecule has 4 rings (SSSR count). The van der Waals surface area contributed by atoms with E-state index < -0.39 is 22.4 Å². The summed E-state index contributed by atoms with van der Waals surface area (Å²) < 4.78 is 29.2. The summed E-state index contributed by atoms with van der Waals surface area (Å²) in [5, 5.41) is 29.5. The molecule has 0 saturated heterocycles. The molecule has 0 aliphatic carbocycles. The molecule has 9 heteroatoms. The summed E-state index contributed by atoms with van der Waals surface area (Å²) in [5.74, 6) is 0.120. The van der Waals surface area contributed by atoms with Crippen LogP contribution in [0.5, 0.6) is 0 Å². The van der Waals surface area contributed by atoms with Gasteiger partial charge in [0.25, 0.3) is 10.0 Å². The number of aryl methyl sites for hydroxylation is 1. The predicted molar refractivity (Wildman–Crippen MR) is 149 cm³/mol. The zero-order chi connectivity index (χ0) is 27.4. The molecule has 0 spiro atoms. The van der Waals surface area contributed by atoms with Crippen LogP contribution in [-0.4, -0.2) is 36.9 Å². The molecule has 0 radical (unpaired) electrons. The molecule has 3 aromatic carbocycles. The molecule has 2 atom stereocenters. The summed E-state index contributed by atoms with van der Waals surface area (Å²) in [7, 11) is -3.86. The first kappa shape index (κ1) is 28.1. The molecule has 3 aromatic rings. The van der Waals surface area contributed by atoms with Crippen LogP contribution in [0.3, 0.4) is 0 Å². The minimum Gasteiger partial charge on any atom is -0.388 e. The smallest absolute Gasteiger partial charge is 0.264 e. The van der Waals surface area contributed by atoms with Gasteiger partial charge >= 0.3 is 0 Å². The highest BCUT2D eigenvalue weighted by Gasteiger charge is 2.30. The third-order valence-corrected chi connectivity index (χ3v) is 8.70. The monoisotopic (exact) mass is 539 g/mol. The van der Waals surface area contributed by atoms with Gasteiger partial charge in [0.05, 0.1) is 16.7 Å². The lowest BCUT2D eigenvalue weighted by molar-refractivity contribution is 0.000692. The van der Waals surface area contributed by atoms with Crippen LogP contribution in [0.2, 0.25) is 0 Å². The first-order chi connectivity index (χ1) is 18.1. The van der Waals surface area contributed by atoms with Gasteiger partial charge in [-0.05, 0) is 65.8 Å². The molecule has 0 fully saturated rings. The largest absolute Gasteiger partial charge is 0.388 e. The van der Waals surface area contributed by atoms with Crippen molar-refractivity contribution in [3.63, 3.8) is 0 Å². The number of aliphatic hydroxyl groups excluding tert-OH is 2. The maximum Gasteiger partial charge on any atom is 0.264 e. The second-order valence-electron chi connectivity index (χ2n) is 10.2. The molecule has 0 amide bonds. The lowest BCUT2D eigenvalue weighted by Gasteiger charge is -2.35. The van der Waals surface area contributed by atoms with E-state index in [0.717, 1.165) is 23.2 Å². The van der Waals surface area contributed by atoms with E-state index >= 15 is 0 Å². The number of fused-ring (bicyclic) bond motifs is 1. The van der Waals surface area contributed by atoms with Gasteiger partial charge in [0, 0.05) is 30.9 Å². The molecule has 1 aliphatic heterocycles. The van der Waals surface area contributed by atoms with E-state index in [1.165, 1.54) is 4.31 Å². The number of hydrogen-bond acceptors (Lipinski definition) is 7. The fraction of sp³-hybridized carbons (Fsp3) is 0.379. The lowest BCUT2D eigenvalue weighted by atomic mass is 9.98. The Morgan fingerprint density at radius 3 is 2.29 bits per heavy atom. The van der Waals surface area contributed by atoms with Crippen LogP contribution in [0.15, 0.2) is 71.6 Å². The third-order valence-electron chi connectivity index (χ3n) is 6.91. The van der Waals surface area contributed by atoms with Crippen molar-refractivity contribution in [2.24, 2.45) is 5.92 Å². The fourth-order valence-corrected chi connectivity index (χ4v) is 6.43. The number of anilines is 2. The van der Waals surface area contributed by atoms with Gasteiger partial charge in [-0.25, -0.2) is 8.42 Å². The Morgan fingerprint density at radius 2 is 1.68 bits per heavy atom. The number of rotatable bonds is 10. The van der Waals surface area contributed by atoms with Crippen molar-refractivity contribution < 1.29 is 23.8 Å². The molecule has 8 nitrogen and oxygen atoms in total. The highest BCUT2D eigenvalue weighted by atomic mass is 32.2. The van der Waals surface area contributed by atoms with Crippen molar-refractivity contribution in [3.8, 4) is 0 Å². The number of hydroxylamine groups is 1. The summed E-state index contributed by atoms with van der Waals surface area (Å²) in [6.07, 6.45) is -0.555. The number of benzene rings is 3. The van der Waals surface area contributed by atoms with Gasteiger partial charge in [-0.15, -0.1) is 0 Å². The zero-order valence-corrected chi connectivity index (χ0v) is 22.9. The minimum atomic E-state index is -3.86. The minimum absolute atomic E-state index is 0.120. The van der Waals surface area contributed by atoms with Crippen molar-refractivity contribution in [1.82, 2.24) is 5.48 Å². The number of nitrogens with one attached hydrogen (secondary N) is 1. The van der Waals surface area contributed by atoms with Crippen molar-refractivity contribution >= 4 is 21.4 Å². The summed E-state index contributed by atoms with van der Waals surface area (Å²) in [5.41, 5.74) is 6.50. The van der Waals surface area contributed by atoms with Gasteiger partial charge in [-0.1, -0.05) is 57.2 Å². The third kappa shape index (κ3) is 6.03. The Labute approximate surface area is 225 Å². The van der Waals surface area contributed by atoms with Gasteiger partial charge < -0.3 is 20.3 Å². The maximum absolute atomic E-state index is 13.9. The van der Waals surface area contributed by atoms with E-state index in [2.05, 4.69) is 11.8 Å². The number of aliphatic hydroxyl groups is 2. The van der Waals surface area contributed by atoms with Crippen LogP contribution in [0.4, 0.5) is 11.4 Å². The van der Waals surface area contributed by atoms with Crippen LogP contribution in [0.1, 0.15) is 61.8 Å². The Bertz CT molecular complexity index is 1330. The van der Waals surface area contributed by atoms with Crippen molar-refractivity contribution in [1.29, 1.82) is 0 Å². The van der Waals surface area contributed by atoms with Crippen molar-refractivity contribution in [3.05, 3.63) is 89.0 Å². The quantitative estimate of drug-likeness (QED) is 0.221. The van der Waals surface area contributed by atoms with Crippen molar-refractivity contribution in [2.45, 2.75) is 57.4 Å². The number of sulfonamides is 1. The van der Waals surface area contributed by atoms with Gasteiger partial charge in [0.15, 0.2) is 6.23 Å². The first-order valence-electron chi connectivity index (χ1n) is 13.0. The van der Waals surface area contributed by atoms with E-state index in [0.29, 0.717) is 42.9 Å². The summed E-state index contributed by atoms with van der Waals surface area (Å²) in [6.45, 7) is 7.56. The first-order valence-corrected chi connectivity index (χ1v) is 14.4. The summed E-state index contributed by atoms with van der Waals surface area (Å²) in [6, 6.07) is 19.8. The molecular formula is C29H37N3O5S. The Hall–Kier alpha value is -2.95. The van der Waals surface area contributed by atoms with E-state index in [-0.39, 0.29) is 10.8 Å². The molecule has 2 unspecified atom stereocenters. The van der Waals surface area contributed by atoms with E-state index in [4.69, 9.17) is 5.21 Å². The molecule has 204 valence electrons. The Balaban J connectivity index is 1.64. The topological polar surface area (TPSA) is 113 Å². The highest BCUT2D eigenvalue weighted by Crippen LogP contribution is 2.37. The van der Waals surface area contributed by atoms with E-state index in [1.54, 1.807) is 30.3 Å².